The molecule has 0 fully saturated rings. The highest BCUT2D eigenvalue weighted by atomic mass is 32.2. The molecule has 2 N–H and O–H groups in total. The van der Waals surface area contributed by atoms with Gasteiger partial charge in [0.2, 0.25) is 10.0 Å². The lowest BCUT2D eigenvalue weighted by atomic mass is 10.3. The van der Waals surface area contributed by atoms with Crippen molar-refractivity contribution in [2.75, 3.05) is 13.2 Å². The van der Waals surface area contributed by atoms with Crippen LogP contribution in [0.3, 0.4) is 0 Å². The molecule has 21 heavy (non-hydrogen) atoms. The van der Waals surface area contributed by atoms with E-state index in [2.05, 4.69) is 0 Å². The number of hydrogen-bond donors (Lipinski definition) is 2. The minimum Gasteiger partial charge on any atom is -0.482 e. The van der Waals surface area contributed by atoms with Gasteiger partial charge >= 0.3 is 12.1 Å². The normalized spacial score (nSPS) is 12.1. The molecule has 1 aromatic rings. The number of sulfonamides is 1. The molecule has 0 radical (unpaired) electrons. The summed E-state index contributed by atoms with van der Waals surface area (Å²) < 4.78 is 65.8. The van der Waals surface area contributed by atoms with E-state index < -0.39 is 41.7 Å². The molecular weight excluding hydrogens is 315 g/mol. The zero-order chi connectivity index (χ0) is 16.1. The van der Waals surface area contributed by atoms with E-state index in [1.54, 1.807) is 0 Å². The summed E-state index contributed by atoms with van der Waals surface area (Å²) in [5.41, 5.74) is 0. The molecule has 118 valence electrons. The Bertz CT molecular complexity index is 583. The largest absolute Gasteiger partial charge is 0.482 e. The molecule has 0 spiro atoms. The van der Waals surface area contributed by atoms with Crippen molar-refractivity contribution in [3.63, 3.8) is 0 Å². The van der Waals surface area contributed by atoms with Crippen LogP contribution in [0.2, 0.25) is 0 Å². The first-order valence-electron chi connectivity index (χ1n) is 5.61. The lowest BCUT2D eigenvalue weighted by Crippen LogP contribution is -2.28. The van der Waals surface area contributed by atoms with Gasteiger partial charge in [0, 0.05) is 6.54 Å². The van der Waals surface area contributed by atoms with Crippen molar-refractivity contribution in [1.82, 2.24) is 4.72 Å². The van der Waals surface area contributed by atoms with Crippen molar-refractivity contribution in [3.05, 3.63) is 24.3 Å². The van der Waals surface area contributed by atoms with Crippen LogP contribution in [0.15, 0.2) is 29.2 Å². The van der Waals surface area contributed by atoms with Crippen LogP contribution in [0.25, 0.3) is 0 Å². The molecule has 0 aromatic heterocycles. The number of aliphatic carboxylic acids is 1. The molecule has 1 rings (SSSR count). The smallest absolute Gasteiger partial charge is 0.390 e. The minimum atomic E-state index is -4.45. The molecular formula is C11H12F3NO5S. The fraction of sp³-hybridized carbons (Fsp3) is 0.364. The van der Waals surface area contributed by atoms with Crippen LogP contribution < -0.4 is 9.46 Å². The summed E-state index contributed by atoms with van der Waals surface area (Å²) in [5.74, 6) is -1.06. The maximum absolute atomic E-state index is 11.9. The quantitative estimate of drug-likeness (QED) is 0.789. The van der Waals surface area contributed by atoms with Gasteiger partial charge in [0.1, 0.15) is 5.75 Å². The van der Waals surface area contributed by atoms with E-state index in [4.69, 9.17) is 9.84 Å². The fourth-order valence-corrected chi connectivity index (χ4v) is 2.30. The highest BCUT2D eigenvalue weighted by Gasteiger charge is 2.27. The summed E-state index contributed by atoms with van der Waals surface area (Å²) in [4.78, 5) is 10.0. The Morgan fingerprint density at radius 2 is 1.81 bits per heavy atom. The molecule has 6 nitrogen and oxygen atoms in total. The predicted molar refractivity (Wildman–Crippen MR) is 65.4 cm³/mol. The lowest BCUT2D eigenvalue weighted by Gasteiger charge is -2.09. The number of halogens is 3. The highest BCUT2D eigenvalue weighted by molar-refractivity contribution is 7.89. The average molecular weight is 327 g/mol. The van der Waals surface area contributed by atoms with Crippen LogP contribution in [-0.4, -0.2) is 38.8 Å². The Kier molecular flexibility index (Phi) is 5.55. The number of nitrogens with one attached hydrogen (secondary N) is 1. The zero-order valence-corrected chi connectivity index (χ0v) is 11.4. The van der Waals surface area contributed by atoms with Crippen molar-refractivity contribution in [2.45, 2.75) is 17.5 Å². The van der Waals surface area contributed by atoms with Crippen LogP contribution in [0, 0.1) is 0 Å². The third-order valence-corrected chi connectivity index (χ3v) is 3.67. The fourth-order valence-electron chi connectivity index (χ4n) is 1.27. The SMILES string of the molecule is O=C(O)COc1ccc(S(=O)(=O)NCCC(F)(F)F)cc1. The van der Waals surface area contributed by atoms with Crippen molar-refractivity contribution < 1.29 is 36.2 Å². The van der Waals surface area contributed by atoms with Crippen LogP contribution >= 0.6 is 0 Å². The predicted octanol–water partition coefficient (Wildman–Crippen LogP) is 1.38. The molecule has 0 amide bonds. The Morgan fingerprint density at radius 1 is 1.24 bits per heavy atom. The van der Waals surface area contributed by atoms with Crippen LogP contribution in [-0.2, 0) is 14.8 Å². The molecule has 0 saturated heterocycles. The summed E-state index contributed by atoms with van der Waals surface area (Å²) in [5, 5.41) is 8.40. The number of rotatable bonds is 7. The van der Waals surface area contributed by atoms with Crippen molar-refractivity contribution in [3.8, 4) is 5.75 Å². The van der Waals surface area contributed by atoms with E-state index in [0.717, 1.165) is 12.1 Å². The molecule has 0 atom stereocenters. The molecule has 1 aromatic carbocycles. The second-order valence-electron chi connectivity index (χ2n) is 3.92. The van der Waals surface area contributed by atoms with E-state index in [0.29, 0.717) is 0 Å². The van der Waals surface area contributed by atoms with Gasteiger partial charge in [-0.15, -0.1) is 0 Å². The van der Waals surface area contributed by atoms with Gasteiger partial charge in [0.05, 0.1) is 11.3 Å². The molecule has 0 aliphatic heterocycles. The maximum Gasteiger partial charge on any atom is 0.390 e. The van der Waals surface area contributed by atoms with Crippen molar-refractivity contribution in [2.24, 2.45) is 0 Å². The standard InChI is InChI=1S/C11H12F3NO5S/c12-11(13,14)5-6-15-21(18,19)9-3-1-8(2-4-9)20-7-10(16)17/h1-4,15H,5-7H2,(H,16,17). The first-order chi connectivity index (χ1) is 9.60. The second kappa shape index (κ2) is 6.76. The molecule has 0 aliphatic rings. The van der Waals surface area contributed by atoms with Crippen LogP contribution in [0.1, 0.15) is 6.42 Å². The first-order valence-corrected chi connectivity index (χ1v) is 7.09. The van der Waals surface area contributed by atoms with E-state index in [1.807, 2.05) is 4.72 Å². The molecule has 0 aliphatic carbocycles. The van der Waals surface area contributed by atoms with E-state index >= 15 is 0 Å². The molecule has 0 unspecified atom stereocenters. The third kappa shape index (κ3) is 6.45. The van der Waals surface area contributed by atoms with Crippen molar-refractivity contribution in [1.29, 1.82) is 0 Å². The number of carbonyl (C=O) groups is 1. The van der Waals surface area contributed by atoms with Crippen LogP contribution in [0.4, 0.5) is 13.2 Å². The lowest BCUT2D eigenvalue weighted by molar-refractivity contribution is -0.139. The molecule has 0 bridgehead atoms. The van der Waals surface area contributed by atoms with Gasteiger partial charge in [-0.1, -0.05) is 0 Å². The Hall–Kier alpha value is -1.81. The highest BCUT2D eigenvalue weighted by Crippen LogP contribution is 2.19. The van der Waals surface area contributed by atoms with E-state index in [-0.39, 0.29) is 10.6 Å². The Labute approximate surface area is 118 Å². The summed E-state index contributed by atoms with van der Waals surface area (Å²) in [6.07, 6.45) is -5.72. The number of carboxylic acid groups (broad SMARTS) is 1. The Balaban J connectivity index is 2.65. The summed E-state index contributed by atoms with van der Waals surface area (Å²) >= 11 is 0. The van der Waals surface area contributed by atoms with Crippen molar-refractivity contribution >= 4 is 16.0 Å². The second-order valence-corrected chi connectivity index (χ2v) is 5.68. The van der Waals surface area contributed by atoms with Crippen LogP contribution in [0.5, 0.6) is 5.75 Å². The summed E-state index contributed by atoms with van der Waals surface area (Å²) in [7, 11) is -4.05. The number of ether oxygens (including phenoxy) is 1. The molecule has 0 heterocycles. The monoisotopic (exact) mass is 327 g/mol. The average Bonchev–Trinajstić information content (AvgIpc) is 2.35. The van der Waals surface area contributed by atoms with Gasteiger partial charge in [-0.25, -0.2) is 17.9 Å². The zero-order valence-electron chi connectivity index (χ0n) is 10.6. The minimum absolute atomic E-state index is 0.131. The van der Waals surface area contributed by atoms with Gasteiger partial charge < -0.3 is 9.84 Å². The summed E-state index contributed by atoms with van der Waals surface area (Å²) in [6.45, 7) is -1.35. The number of hydrogen-bond acceptors (Lipinski definition) is 4. The molecule has 10 heteroatoms. The molecule has 0 saturated carbocycles. The van der Waals surface area contributed by atoms with E-state index in [1.165, 1.54) is 12.1 Å². The summed E-state index contributed by atoms with van der Waals surface area (Å²) in [6, 6.07) is 4.63. The third-order valence-electron chi connectivity index (χ3n) is 2.20. The van der Waals surface area contributed by atoms with E-state index in [9.17, 15) is 26.4 Å². The van der Waals surface area contributed by atoms with Gasteiger partial charge in [-0.2, -0.15) is 13.2 Å². The van der Waals surface area contributed by atoms with Gasteiger partial charge in [0.25, 0.3) is 0 Å². The number of carboxylic acids is 1. The Morgan fingerprint density at radius 3 is 2.29 bits per heavy atom. The number of alkyl halides is 3. The van der Waals surface area contributed by atoms with Gasteiger partial charge in [-0.05, 0) is 24.3 Å². The van der Waals surface area contributed by atoms with Gasteiger partial charge in [-0.3, -0.25) is 0 Å². The number of benzene rings is 1. The first kappa shape index (κ1) is 17.2. The topological polar surface area (TPSA) is 92.7 Å². The van der Waals surface area contributed by atoms with Gasteiger partial charge in [0.15, 0.2) is 6.61 Å². The maximum atomic E-state index is 11.9.